The fourth-order valence-corrected chi connectivity index (χ4v) is 3.83. The summed E-state index contributed by atoms with van der Waals surface area (Å²) in [5, 5.41) is 8.40. The van der Waals surface area contributed by atoms with Gasteiger partial charge < -0.3 is 4.74 Å². The Hall–Kier alpha value is -3.12. The predicted molar refractivity (Wildman–Crippen MR) is 109 cm³/mol. The fraction of sp³-hybridized carbons (Fsp3) is 0.0909. The number of hydrogen-bond acceptors (Lipinski definition) is 4. The molecule has 0 atom stereocenters. The molecule has 4 nitrogen and oxygen atoms in total. The molecular weight excluding hydrogens is 373 g/mol. The largest absolute Gasteiger partial charge is 0.494 e. The van der Waals surface area contributed by atoms with E-state index in [1.165, 1.54) is 23.4 Å². The predicted octanol–water partition coefficient (Wildman–Crippen LogP) is 5.54. The number of aryl methyl sites for hydroxylation is 1. The smallest absolute Gasteiger partial charge is 0.152 e. The van der Waals surface area contributed by atoms with Crippen molar-refractivity contribution in [2.75, 3.05) is 7.11 Å². The number of ether oxygens (including phenoxy) is 1. The van der Waals surface area contributed by atoms with Crippen LogP contribution in [0.4, 0.5) is 4.39 Å². The Labute approximate surface area is 167 Å². The molecule has 4 rings (SSSR count). The van der Waals surface area contributed by atoms with Gasteiger partial charge in [0.15, 0.2) is 5.82 Å². The van der Waals surface area contributed by atoms with Crippen LogP contribution in [0.15, 0.2) is 82.7 Å². The molecule has 0 amide bonds. The van der Waals surface area contributed by atoms with Gasteiger partial charge in [-0.2, -0.15) is 0 Å². The highest BCUT2D eigenvalue weighted by molar-refractivity contribution is 7.99. The third kappa shape index (κ3) is 3.64. The van der Waals surface area contributed by atoms with Gasteiger partial charge in [0.2, 0.25) is 0 Å². The van der Waals surface area contributed by atoms with Crippen molar-refractivity contribution in [3.8, 4) is 22.7 Å². The Morgan fingerprint density at radius 2 is 1.75 bits per heavy atom. The van der Waals surface area contributed by atoms with Crippen molar-refractivity contribution < 1.29 is 9.13 Å². The normalized spacial score (nSPS) is 10.8. The summed E-state index contributed by atoms with van der Waals surface area (Å²) in [5.74, 6) is -0.0168. The van der Waals surface area contributed by atoms with Gasteiger partial charge in [-0.05, 0) is 37.3 Å². The van der Waals surface area contributed by atoms with E-state index in [1.54, 1.807) is 30.1 Å². The van der Waals surface area contributed by atoms with Gasteiger partial charge in [-0.3, -0.25) is 0 Å². The molecule has 0 aliphatic heterocycles. The molecule has 0 N–H and O–H groups in total. The molecule has 0 spiro atoms. The summed E-state index contributed by atoms with van der Waals surface area (Å²) >= 11 is 1.66. The second-order valence-corrected chi connectivity index (χ2v) is 7.37. The molecule has 0 bridgehead atoms. The zero-order valence-electron chi connectivity index (χ0n) is 15.5. The average molecular weight is 391 g/mol. The molecule has 4 aromatic rings. The van der Waals surface area contributed by atoms with Gasteiger partial charge >= 0.3 is 0 Å². The van der Waals surface area contributed by atoms with Crippen molar-refractivity contribution in [1.82, 2.24) is 15.0 Å². The number of rotatable bonds is 5. The van der Waals surface area contributed by atoms with Crippen molar-refractivity contribution in [2.24, 2.45) is 0 Å². The molecule has 0 saturated heterocycles. The van der Waals surface area contributed by atoms with E-state index < -0.39 is 5.82 Å². The Morgan fingerprint density at radius 3 is 2.54 bits per heavy atom. The zero-order chi connectivity index (χ0) is 19.5. The third-order valence-corrected chi connectivity index (χ3v) is 5.39. The number of nitrogens with zero attached hydrogens (tertiary/aromatic N) is 3. The first-order valence-electron chi connectivity index (χ1n) is 8.75. The minimum absolute atomic E-state index is 0.243. The van der Waals surface area contributed by atoms with Crippen molar-refractivity contribution in [2.45, 2.75) is 16.7 Å². The number of halogens is 1. The number of methoxy groups -OCH3 is 1. The van der Waals surface area contributed by atoms with Crippen LogP contribution in [-0.2, 0) is 0 Å². The van der Waals surface area contributed by atoms with Crippen molar-refractivity contribution in [3.05, 3.63) is 84.3 Å². The molecular formula is C22H18FN3OS. The second kappa shape index (κ2) is 7.86. The van der Waals surface area contributed by atoms with Crippen LogP contribution >= 0.6 is 11.8 Å². The van der Waals surface area contributed by atoms with Crippen LogP contribution < -0.4 is 4.74 Å². The molecule has 0 unspecified atom stereocenters. The number of benzene rings is 3. The summed E-state index contributed by atoms with van der Waals surface area (Å²) in [6.45, 7) is 2.07. The van der Waals surface area contributed by atoms with Gasteiger partial charge in [0, 0.05) is 15.4 Å². The summed E-state index contributed by atoms with van der Waals surface area (Å²) < 4.78 is 21.0. The summed E-state index contributed by atoms with van der Waals surface area (Å²) in [6.07, 6.45) is 1.72. The lowest BCUT2D eigenvalue weighted by atomic mass is 10.2. The maximum atomic E-state index is 14.4. The van der Waals surface area contributed by atoms with Crippen LogP contribution in [0, 0.1) is 12.7 Å². The maximum absolute atomic E-state index is 14.4. The molecule has 1 aromatic heterocycles. The number of aromatic nitrogens is 3. The summed E-state index contributed by atoms with van der Waals surface area (Å²) in [4.78, 5) is 2.19. The molecule has 0 fully saturated rings. The fourth-order valence-electron chi connectivity index (χ4n) is 2.88. The third-order valence-electron chi connectivity index (χ3n) is 4.30. The van der Waals surface area contributed by atoms with Crippen LogP contribution in [0.5, 0.6) is 5.75 Å². The molecule has 0 radical (unpaired) electrons. The Morgan fingerprint density at radius 1 is 0.964 bits per heavy atom. The molecule has 0 saturated carbocycles. The van der Waals surface area contributed by atoms with Crippen LogP contribution in [0.25, 0.3) is 16.9 Å². The Balaban J connectivity index is 1.71. The topological polar surface area (TPSA) is 39.9 Å². The van der Waals surface area contributed by atoms with Crippen molar-refractivity contribution in [1.29, 1.82) is 0 Å². The monoisotopic (exact) mass is 391 g/mol. The van der Waals surface area contributed by atoms with Gasteiger partial charge in [0.1, 0.15) is 17.1 Å². The summed E-state index contributed by atoms with van der Waals surface area (Å²) in [6, 6.07) is 21.0. The highest BCUT2D eigenvalue weighted by Crippen LogP contribution is 2.35. The molecule has 6 heteroatoms. The lowest BCUT2D eigenvalue weighted by molar-refractivity contribution is 0.407. The molecule has 1 heterocycles. The lowest BCUT2D eigenvalue weighted by Gasteiger charge is -2.08. The van der Waals surface area contributed by atoms with Crippen LogP contribution in [0.3, 0.4) is 0 Å². The van der Waals surface area contributed by atoms with E-state index >= 15 is 0 Å². The van der Waals surface area contributed by atoms with Gasteiger partial charge in [0.25, 0.3) is 0 Å². The first-order valence-corrected chi connectivity index (χ1v) is 9.56. The van der Waals surface area contributed by atoms with E-state index in [-0.39, 0.29) is 5.69 Å². The van der Waals surface area contributed by atoms with E-state index in [9.17, 15) is 4.39 Å². The zero-order valence-corrected chi connectivity index (χ0v) is 16.3. The first-order chi connectivity index (χ1) is 13.7. The molecule has 3 aromatic carbocycles. The highest BCUT2D eigenvalue weighted by Gasteiger charge is 2.16. The van der Waals surface area contributed by atoms with Crippen molar-refractivity contribution >= 4 is 11.8 Å². The van der Waals surface area contributed by atoms with Gasteiger partial charge in [-0.25, -0.2) is 9.07 Å². The standard InChI is InChI=1S/C22H18FN3OS/c1-15-10-12-16(13-11-15)28-21-9-4-3-6-17(21)19-14-26(25-24-19)22-18(23)7-5-8-20(22)27-2/h3-14H,1-2H3. The molecule has 28 heavy (non-hydrogen) atoms. The highest BCUT2D eigenvalue weighted by atomic mass is 32.2. The summed E-state index contributed by atoms with van der Waals surface area (Å²) in [5.41, 5.74) is 3.07. The molecule has 0 aliphatic rings. The molecule has 140 valence electrons. The SMILES string of the molecule is COc1cccc(F)c1-n1cc(-c2ccccc2Sc2ccc(C)cc2)nn1. The van der Waals surface area contributed by atoms with Gasteiger partial charge in [-0.1, -0.05) is 58.9 Å². The number of para-hydroxylation sites is 1. The van der Waals surface area contributed by atoms with Gasteiger partial charge in [-0.15, -0.1) is 5.10 Å². The van der Waals surface area contributed by atoms with E-state index in [0.29, 0.717) is 11.4 Å². The van der Waals surface area contributed by atoms with E-state index in [0.717, 1.165) is 15.4 Å². The van der Waals surface area contributed by atoms with E-state index in [1.807, 2.05) is 24.3 Å². The van der Waals surface area contributed by atoms with Crippen molar-refractivity contribution in [3.63, 3.8) is 0 Å². The average Bonchev–Trinajstić information content (AvgIpc) is 3.19. The minimum atomic E-state index is -0.418. The number of hydrogen-bond donors (Lipinski definition) is 0. The van der Waals surface area contributed by atoms with Gasteiger partial charge in [0.05, 0.1) is 13.3 Å². The van der Waals surface area contributed by atoms with E-state index in [2.05, 4.69) is 41.5 Å². The van der Waals surface area contributed by atoms with Crippen LogP contribution in [0.1, 0.15) is 5.56 Å². The Bertz CT molecular complexity index is 1110. The summed E-state index contributed by atoms with van der Waals surface area (Å²) in [7, 11) is 1.50. The van der Waals surface area contributed by atoms with Crippen LogP contribution in [-0.4, -0.2) is 22.1 Å². The Kier molecular flexibility index (Phi) is 5.12. The second-order valence-electron chi connectivity index (χ2n) is 6.25. The quantitative estimate of drug-likeness (QED) is 0.448. The minimum Gasteiger partial charge on any atom is -0.494 e. The maximum Gasteiger partial charge on any atom is 0.152 e. The lowest BCUT2D eigenvalue weighted by Crippen LogP contribution is -2.01. The van der Waals surface area contributed by atoms with E-state index in [4.69, 9.17) is 4.74 Å². The van der Waals surface area contributed by atoms with Crippen LogP contribution in [0.2, 0.25) is 0 Å². The first kappa shape index (κ1) is 18.3. The molecule has 0 aliphatic carbocycles.